The Bertz CT molecular complexity index is 1110. The van der Waals surface area contributed by atoms with Crippen LogP contribution in [-0.2, 0) is 24.3 Å². The van der Waals surface area contributed by atoms with E-state index in [2.05, 4.69) is 10.6 Å². The second-order valence-electron chi connectivity index (χ2n) is 7.25. The van der Waals surface area contributed by atoms with Crippen molar-refractivity contribution in [3.63, 3.8) is 0 Å². The van der Waals surface area contributed by atoms with Crippen molar-refractivity contribution in [3.8, 4) is 0 Å². The largest absolute Gasteiger partial charge is 0.454 e. The highest BCUT2D eigenvalue weighted by atomic mass is 32.2. The lowest BCUT2D eigenvalue weighted by Gasteiger charge is -2.18. The maximum absolute atomic E-state index is 12.5. The molecule has 10 heteroatoms. The molecule has 0 saturated carbocycles. The molecule has 2 amide bonds. The van der Waals surface area contributed by atoms with Crippen molar-refractivity contribution in [2.75, 3.05) is 31.6 Å². The van der Waals surface area contributed by atoms with Gasteiger partial charge in [-0.1, -0.05) is 26.0 Å². The van der Waals surface area contributed by atoms with Gasteiger partial charge < -0.3 is 15.4 Å². The van der Waals surface area contributed by atoms with Crippen LogP contribution in [0.25, 0.3) is 0 Å². The Balaban J connectivity index is 1.84. The normalized spacial score (nSPS) is 11.2. The number of nitrogens with one attached hydrogen (secondary N) is 2. The number of benzene rings is 2. The second kappa shape index (κ2) is 11.6. The topological polar surface area (TPSA) is 122 Å². The van der Waals surface area contributed by atoms with Crippen LogP contribution in [0.2, 0.25) is 0 Å². The number of aryl methyl sites for hydroxylation is 1. The molecule has 0 unspecified atom stereocenters. The van der Waals surface area contributed by atoms with E-state index >= 15 is 0 Å². The Morgan fingerprint density at radius 1 is 0.970 bits per heavy atom. The average molecular weight is 476 g/mol. The molecule has 0 heterocycles. The number of rotatable bonds is 10. The number of amides is 2. The molecule has 2 aromatic carbocycles. The van der Waals surface area contributed by atoms with Gasteiger partial charge in [-0.15, -0.1) is 0 Å². The predicted molar refractivity (Wildman–Crippen MR) is 124 cm³/mol. The summed E-state index contributed by atoms with van der Waals surface area (Å²) in [5, 5.41) is 5.06. The van der Waals surface area contributed by atoms with E-state index in [9.17, 15) is 22.8 Å². The zero-order chi connectivity index (χ0) is 24.6. The first-order valence-electron chi connectivity index (χ1n) is 10.5. The number of nitrogens with zero attached hydrogens (tertiary/aromatic N) is 1. The van der Waals surface area contributed by atoms with E-state index in [1.807, 2.05) is 26.0 Å². The smallest absolute Gasteiger partial charge is 0.325 e. The molecule has 9 nitrogen and oxygen atoms in total. The quantitative estimate of drug-likeness (QED) is 0.508. The second-order valence-corrected chi connectivity index (χ2v) is 9.19. The molecule has 33 heavy (non-hydrogen) atoms. The van der Waals surface area contributed by atoms with Crippen molar-refractivity contribution in [1.82, 2.24) is 9.62 Å². The van der Waals surface area contributed by atoms with E-state index in [-0.39, 0.29) is 10.5 Å². The van der Waals surface area contributed by atoms with Crippen molar-refractivity contribution >= 4 is 33.5 Å². The Hall–Kier alpha value is -3.24. The minimum absolute atomic E-state index is 0.0806. The maximum atomic E-state index is 12.5. The van der Waals surface area contributed by atoms with Crippen LogP contribution < -0.4 is 10.6 Å². The molecule has 0 spiro atoms. The van der Waals surface area contributed by atoms with Gasteiger partial charge in [-0.25, -0.2) is 8.42 Å². The van der Waals surface area contributed by atoms with Crippen molar-refractivity contribution < 1.29 is 27.5 Å². The van der Waals surface area contributed by atoms with Crippen molar-refractivity contribution in [3.05, 3.63) is 59.2 Å². The standard InChI is InChI=1S/C23H29N3O6S/c1-5-26(6-2)33(30,31)19-12-10-18(11-13-19)23(29)24-14-22(28)32-15-21(27)25-20-9-7-8-16(3)17(20)4/h7-13H,5-6,14-15H2,1-4H3,(H,24,29)(H,25,27). The lowest BCUT2D eigenvalue weighted by Crippen LogP contribution is -2.32. The van der Waals surface area contributed by atoms with Gasteiger partial charge in [0.1, 0.15) is 6.54 Å². The zero-order valence-electron chi connectivity index (χ0n) is 19.2. The number of carbonyl (C=O) groups excluding carboxylic acids is 3. The van der Waals surface area contributed by atoms with Gasteiger partial charge in [0.05, 0.1) is 4.90 Å². The first kappa shape index (κ1) is 26.0. The molecule has 0 saturated heterocycles. The highest BCUT2D eigenvalue weighted by Gasteiger charge is 2.21. The van der Waals surface area contributed by atoms with E-state index in [4.69, 9.17) is 4.74 Å². The number of sulfonamides is 1. The van der Waals surface area contributed by atoms with Crippen LogP contribution in [0.1, 0.15) is 35.3 Å². The van der Waals surface area contributed by atoms with Gasteiger partial charge in [0, 0.05) is 24.3 Å². The Morgan fingerprint density at radius 3 is 2.21 bits per heavy atom. The Kier molecular flexibility index (Phi) is 9.12. The molecule has 0 radical (unpaired) electrons. The van der Waals surface area contributed by atoms with Crippen LogP contribution in [0.3, 0.4) is 0 Å². The summed E-state index contributed by atoms with van der Waals surface area (Å²) in [5.41, 5.74) is 2.76. The number of carbonyl (C=O) groups is 3. The van der Waals surface area contributed by atoms with E-state index in [1.54, 1.807) is 19.9 Å². The van der Waals surface area contributed by atoms with Crippen LogP contribution in [-0.4, -0.2) is 56.7 Å². The summed E-state index contributed by atoms with van der Waals surface area (Å²) in [5.74, 6) is -1.84. The van der Waals surface area contributed by atoms with Crippen LogP contribution in [0.15, 0.2) is 47.4 Å². The molecular formula is C23H29N3O6S. The van der Waals surface area contributed by atoms with Crippen LogP contribution >= 0.6 is 0 Å². The fraction of sp³-hybridized carbons (Fsp3) is 0.348. The number of hydrogen-bond acceptors (Lipinski definition) is 6. The summed E-state index contributed by atoms with van der Waals surface area (Å²) in [7, 11) is -3.62. The molecule has 2 rings (SSSR count). The minimum Gasteiger partial charge on any atom is -0.454 e. The first-order chi connectivity index (χ1) is 15.6. The SMILES string of the molecule is CCN(CC)S(=O)(=O)c1ccc(C(=O)NCC(=O)OCC(=O)Nc2cccc(C)c2C)cc1. The van der Waals surface area contributed by atoms with Gasteiger partial charge in [-0.2, -0.15) is 4.31 Å². The van der Waals surface area contributed by atoms with Crippen molar-refractivity contribution in [2.45, 2.75) is 32.6 Å². The van der Waals surface area contributed by atoms with E-state index in [0.717, 1.165) is 11.1 Å². The molecule has 0 fully saturated rings. The lowest BCUT2D eigenvalue weighted by molar-refractivity contribution is -0.146. The number of esters is 1. The molecule has 0 aromatic heterocycles. The van der Waals surface area contributed by atoms with E-state index < -0.39 is 41.0 Å². The van der Waals surface area contributed by atoms with Crippen LogP contribution in [0.5, 0.6) is 0 Å². The van der Waals surface area contributed by atoms with Crippen LogP contribution in [0.4, 0.5) is 5.69 Å². The van der Waals surface area contributed by atoms with Crippen LogP contribution in [0, 0.1) is 13.8 Å². The number of ether oxygens (including phenoxy) is 1. The van der Waals surface area contributed by atoms with Gasteiger partial charge in [-0.3, -0.25) is 14.4 Å². The predicted octanol–water partition coefficient (Wildman–Crippen LogP) is 2.25. The molecule has 0 atom stereocenters. The monoisotopic (exact) mass is 475 g/mol. The minimum atomic E-state index is -3.62. The molecule has 0 bridgehead atoms. The third-order valence-electron chi connectivity index (χ3n) is 5.10. The first-order valence-corrected chi connectivity index (χ1v) is 11.9. The van der Waals surface area contributed by atoms with E-state index in [0.29, 0.717) is 18.8 Å². The summed E-state index contributed by atoms with van der Waals surface area (Å²) < 4.78 is 31.2. The highest BCUT2D eigenvalue weighted by Crippen LogP contribution is 2.18. The zero-order valence-corrected chi connectivity index (χ0v) is 20.0. The average Bonchev–Trinajstić information content (AvgIpc) is 2.79. The Morgan fingerprint density at radius 2 is 1.61 bits per heavy atom. The molecule has 0 aliphatic heterocycles. The number of anilines is 1. The van der Waals surface area contributed by atoms with Gasteiger partial charge in [0.25, 0.3) is 11.8 Å². The van der Waals surface area contributed by atoms with Gasteiger partial charge in [0.2, 0.25) is 10.0 Å². The molecule has 0 aliphatic rings. The summed E-state index contributed by atoms with van der Waals surface area (Å²) in [6.45, 7) is 7.04. The third kappa shape index (κ3) is 6.87. The van der Waals surface area contributed by atoms with Crippen molar-refractivity contribution in [1.29, 1.82) is 0 Å². The summed E-state index contributed by atoms with van der Waals surface area (Å²) in [6, 6.07) is 10.9. The Labute approximate surface area is 194 Å². The summed E-state index contributed by atoms with van der Waals surface area (Å²) >= 11 is 0. The maximum Gasteiger partial charge on any atom is 0.325 e. The lowest BCUT2D eigenvalue weighted by atomic mass is 10.1. The summed E-state index contributed by atoms with van der Waals surface area (Å²) in [6.07, 6.45) is 0. The van der Waals surface area contributed by atoms with Gasteiger partial charge >= 0.3 is 5.97 Å². The highest BCUT2D eigenvalue weighted by molar-refractivity contribution is 7.89. The molecule has 0 aliphatic carbocycles. The van der Waals surface area contributed by atoms with Crippen molar-refractivity contribution in [2.24, 2.45) is 0 Å². The fourth-order valence-electron chi connectivity index (χ4n) is 3.02. The molecule has 178 valence electrons. The third-order valence-corrected chi connectivity index (χ3v) is 7.16. The number of hydrogen-bond donors (Lipinski definition) is 2. The van der Waals surface area contributed by atoms with E-state index in [1.165, 1.54) is 28.6 Å². The fourth-order valence-corrected chi connectivity index (χ4v) is 4.47. The molecule has 2 aromatic rings. The van der Waals surface area contributed by atoms with Gasteiger partial charge in [0.15, 0.2) is 6.61 Å². The summed E-state index contributed by atoms with van der Waals surface area (Å²) in [4.78, 5) is 36.2. The molecular weight excluding hydrogens is 446 g/mol. The van der Waals surface area contributed by atoms with Gasteiger partial charge in [-0.05, 0) is 55.3 Å². The molecule has 2 N–H and O–H groups in total.